The summed E-state index contributed by atoms with van der Waals surface area (Å²) in [6.45, 7) is 0.765. The molecule has 0 saturated carbocycles. The van der Waals surface area contributed by atoms with E-state index in [1.807, 2.05) is 36.5 Å². The molecule has 85 valence electrons. The van der Waals surface area contributed by atoms with Crippen molar-refractivity contribution < 1.29 is 4.79 Å². The van der Waals surface area contributed by atoms with Gasteiger partial charge in [-0.1, -0.05) is 6.07 Å². The molecule has 1 aliphatic rings. The summed E-state index contributed by atoms with van der Waals surface area (Å²) in [5.41, 5.74) is 1.89. The second-order valence-corrected chi connectivity index (χ2v) is 3.95. The molecule has 1 aromatic heterocycles. The van der Waals surface area contributed by atoms with E-state index in [-0.39, 0.29) is 5.91 Å². The molecule has 0 spiro atoms. The third kappa shape index (κ3) is 1.82. The van der Waals surface area contributed by atoms with Crippen LogP contribution in [-0.4, -0.2) is 22.2 Å². The van der Waals surface area contributed by atoms with Gasteiger partial charge in [-0.25, -0.2) is 4.68 Å². The zero-order valence-electron chi connectivity index (χ0n) is 9.28. The highest BCUT2D eigenvalue weighted by Crippen LogP contribution is 2.22. The first-order valence-electron chi connectivity index (χ1n) is 5.59. The van der Waals surface area contributed by atoms with Gasteiger partial charge in [-0.05, 0) is 30.7 Å². The Morgan fingerprint density at radius 1 is 1.18 bits per heavy atom. The number of aromatic nitrogens is 2. The van der Waals surface area contributed by atoms with Gasteiger partial charge in [0.1, 0.15) is 0 Å². The van der Waals surface area contributed by atoms with Crippen LogP contribution in [0.2, 0.25) is 0 Å². The maximum Gasteiger partial charge on any atom is 0.230 e. The molecule has 17 heavy (non-hydrogen) atoms. The van der Waals surface area contributed by atoms with E-state index in [4.69, 9.17) is 0 Å². The lowest BCUT2D eigenvalue weighted by Gasteiger charge is -2.16. The maximum absolute atomic E-state index is 11.6. The van der Waals surface area contributed by atoms with Crippen molar-refractivity contribution in [3.63, 3.8) is 0 Å². The van der Waals surface area contributed by atoms with Crippen LogP contribution in [-0.2, 0) is 4.79 Å². The lowest BCUT2D eigenvalue weighted by atomic mass is 10.2. The molecule has 0 atom stereocenters. The van der Waals surface area contributed by atoms with E-state index in [1.54, 1.807) is 22.2 Å². The normalized spacial score (nSPS) is 15.5. The summed E-state index contributed by atoms with van der Waals surface area (Å²) in [4.78, 5) is 13.4. The highest BCUT2D eigenvalue weighted by Gasteiger charge is 2.22. The fraction of sp³-hybridized carbons (Fsp3) is 0.154. The zero-order chi connectivity index (χ0) is 11.7. The van der Waals surface area contributed by atoms with E-state index in [1.165, 1.54) is 0 Å². The summed E-state index contributed by atoms with van der Waals surface area (Å²) in [7, 11) is 0. The van der Waals surface area contributed by atoms with Crippen molar-refractivity contribution in [2.75, 3.05) is 11.4 Å². The Hall–Kier alpha value is -2.10. The number of carbonyl (C=O) groups is 1. The molecule has 4 nitrogen and oxygen atoms in total. The summed E-state index contributed by atoms with van der Waals surface area (Å²) in [5.74, 6) is 0.0858. The Kier molecular flexibility index (Phi) is 2.40. The number of benzene rings is 1. The minimum absolute atomic E-state index is 0.0858. The van der Waals surface area contributed by atoms with E-state index >= 15 is 0 Å². The van der Waals surface area contributed by atoms with Gasteiger partial charge >= 0.3 is 0 Å². The van der Waals surface area contributed by atoms with Gasteiger partial charge in [0.2, 0.25) is 5.91 Å². The van der Waals surface area contributed by atoms with Crippen LogP contribution in [0, 0.1) is 6.42 Å². The van der Waals surface area contributed by atoms with Gasteiger partial charge < -0.3 is 4.90 Å². The minimum atomic E-state index is 0.0858. The number of nitrogens with zero attached hydrogens (tertiary/aromatic N) is 3. The summed E-state index contributed by atoms with van der Waals surface area (Å²) < 4.78 is 1.79. The van der Waals surface area contributed by atoms with Crippen molar-refractivity contribution in [1.29, 1.82) is 0 Å². The first kappa shape index (κ1) is 10.1. The Balaban J connectivity index is 1.97. The molecule has 2 aromatic rings. The van der Waals surface area contributed by atoms with Crippen LogP contribution < -0.4 is 4.90 Å². The third-order valence-corrected chi connectivity index (χ3v) is 2.85. The van der Waals surface area contributed by atoms with E-state index < -0.39 is 0 Å². The number of amides is 1. The van der Waals surface area contributed by atoms with Crippen molar-refractivity contribution in [3.05, 3.63) is 49.1 Å². The van der Waals surface area contributed by atoms with Crippen molar-refractivity contribution in [3.8, 4) is 5.69 Å². The molecule has 0 aliphatic carbocycles. The van der Waals surface area contributed by atoms with Gasteiger partial charge in [0.15, 0.2) is 0 Å². The molecular weight excluding hydrogens is 214 g/mol. The molecule has 1 fully saturated rings. The average molecular weight is 226 g/mol. The maximum atomic E-state index is 11.6. The second kappa shape index (κ2) is 4.05. The fourth-order valence-electron chi connectivity index (χ4n) is 2.02. The van der Waals surface area contributed by atoms with Gasteiger partial charge in [-0.2, -0.15) is 5.10 Å². The van der Waals surface area contributed by atoms with Crippen molar-refractivity contribution >= 4 is 11.6 Å². The monoisotopic (exact) mass is 226 g/mol. The van der Waals surface area contributed by atoms with Crippen LogP contribution >= 0.6 is 0 Å². The second-order valence-electron chi connectivity index (χ2n) is 3.95. The molecular formula is C13H12N3O. The fourth-order valence-corrected chi connectivity index (χ4v) is 2.02. The summed E-state index contributed by atoms with van der Waals surface area (Å²) in [5, 5.41) is 4.18. The standard InChI is InChI=1S/C13H12N3O/c17-13-6-2-8-15(13)11-4-1-5-12(10-11)16-9-3-7-14-16/h1,3-7,9-10H,2,8H2. The molecule has 3 rings (SSSR count). The molecule has 0 bridgehead atoms. The number of anilines is 1. The minimum Gasteiger partial charge on any atom is -0.312 e. The quantitative estimate of drug-likeness (QED) is 0.783. The van der Waals surface area contributed by atoms with Crippen LogP contribution in [0.25, 0.3) is 5.69 Å². The summed E-state index contributed by atoms with van der Waals surface area (Å²) in [6, 6.07) is 9.72. The lowest BCUT2D eigenvalue weighted by Crippen LogP contribution is -2.23. The van der Waals surface area contributed by atoms with Crippen molar-refractivity contribution in [2.24, 2.45) is 0 Å². The predicted octanol–water partition coefficient (Wildman–Crippen LogP) is 1.81. The van der Waals surface area contributed by atoms with E-state index in [2.05, 4.69) is 5.10 Å². The SMILES string of the molecule is O=C1[CH]CCN1c1cccc(-n2cccn2)c1. The van der Waals surface area contributed by atoms with Gasteiger partial charge in [0, 0.05) is 24.6 Å². The molecule has 1 radical (unpaired) electrons. The number of hydrogen-bond acceptors (Lipinski definition) is 2. The van der Waals surface area contributed by atoms with Crippen LogP contribution in [0.15, 0.2) is 42.7 Å². The first-order valence-corrected chi connectivity index (χ1v) is 5.59. The van der Waals surface area contributed by atoms with Crippen molar-refractivity contribution in [2.45, 2.75) is 6.42 Å². The van der Waals surface area contributed by atoms with Gasteiger partial charge in [-0.15, -0.1) is 0 Å². The highest BCUT2D eigenvalue weighted by atomic mass is 16.2. The third-order valence-electron chi connectivity index (χ3n) is 2.85. The highest BCUT2D eigenvalue weighted by molar-refractivity contribution is 6.01. The number of hydrogen-bond donors (Lipinski definition) is 0. The van der Waals surface area contributed by atoms with E-state index in [0.717, 1.165) is 24.3 Å². The van der Waals surface area contributed by atoms with Gasteiger partial charge in [0.25, 0.3) is 0 Å². The average Bonchev–Trinajstić information content (AvgIpc) is 2.99. The molecule has 0 N–H and O–H groups in total. The molecule has 1 amide bonds. The predicted molar refractivity (Wildman–Crippen MR) is 64.8 cm³/mol. The molecule has 2 heterocycles. The summed E-state index contributed by atoms with van der Waals surface area (Å²) in [6.07, 6.45) is 6.17. The lowest BCUT2D eigenvalue weighted by molar-refractivity contribution is -0.114. The first-order chi connectivity index (χ1) is 8.34. The zero-order valence-corrected chi connectivity index (χ0v) is 9.28. The van der Waals surface area contributed by atoms with Crippen LogP contribution in [0.5, 0.6) is 0 Å². The van der Waals surface area contributed by atoms with E-state index in [0.29, 0.717) is 0 Å². The topological polar surface area (TPSA) is 38.1 Å². The smallest absolute Gasteiger partial charge is 0.230 e. The van der Waals surface area contributed by atoms with Crippen LogP contribution in [0.4, 0.5) is 5.69 Å². The Labute approximate surface area is 99.5 Å². The van der Waals surface area contributed by atoms with Crippen LogP contribution in [0.1, 0.15) is 6.42 Å². The molecule has 4 heteroatoms. The summed E-state index contributed by atoms with van der Waals surface area (Å²) >= 11 is 0. The molecule has 1 saturated heterocycles. The Morgan fingerprint density at radius 2 is 2.06 bits per heavy atom. The van der Waals surface area contributed by atoms with Gasteiger partial charge in [0.05, 0.1) is 12.1 Å². The molecule has 0 unspecified atom stereocenters. The van der Waals surface area contributed by atoms with E-state index in [9.17, 15) is 4.79 Å². The number of rotatable bonds is 2. The van der Waals surface area contributed by atoms with Crippen LogP contribution in [0.3, 0.4) is 0 Å². The largest absolute Gasteiger partial charge is 0.312 e. The van der Waals surface area contributed by atoms with Crippen molar-refractivity contribution in [1.82, 2.24) is 9.78 Å². The Bertz CT molecular complexity index is 533. The Morgan fingerprint density at radius 3 is 2.76 bits per heavy atom. The molecule has 1 aromatic carbocycles. The van der Waals surface area contributed by atoms with Gasteiger partial charge in [-0.3, -0.25) is 4.79 Å². The number of carbonyl (C=O) groups excluding carboxylic acids is 1. The molecule has 1 aliphatic heterocycles.